The SMILES string of the molecule is CCc1nonc1NC(=O)c1ccccc1[N+](=O)[O-]. The Morgan fingerprint density at radius 1 is 1.42 bits per heavy atom. The van der Waals surface area contributed by atoms with E-state index >= 15 is 0 Å². The Bertz CT molecular complexity index is 623. The number of aryl methyl sites for hydroxylation is 1. The van der Waals surface area contributed by atoms with Crippen molar-refractivity contribution in [1.29, 1.82) is 0 Å². The standard InChI is InChI=1S/C11H10N4O4/c1-2-8-10(14-19-13-8)12-11(16)7-5-3-4-6-9(7)15(17)18/h3-6H,2H2,1H3,(H,12,14,16). The molecule has 0 bridgehead atoms. The van der Waals surface area contributed by atoms with Crippen LogP contribution in [0.5, 0.6) is 0 Å². The Labute approximate surface area is 107 Å². The van der Waals surface area contributed by atoms with E-state index in [-0.39, 0.29) is 17.1 Å². The van der Waals surface area contributed by atoms with Gasteiger partial charge in [-0.3, -0.25) is 14.9 Å². The van der Waals surface area contributed by atoms with Crippen molar-refractivity contribution in [1.82, 2.24) is 10.3 Å². The number of carbonyl (C=O) groups is 1. The molecule has 8 nitrogen and oxygen atoms in total. The van der Waals surface area contributed by atoms with Gasteiger partial charge < -0.3 is 5.32 Å². The predicted octanol–water partition coefficient (Wildman–Crippen LogP) is 1.79. The van der Waals surface area contributed by atoms with Crippen LogP contribution >= 0.6 is 0 Å². The quantitative estimate of drug-likeness (QED) is 0.664. The van der Waals surface area contributed by atoms with E-state index < -0.39 is 10.8 Å². The molecule has 1 N–H and O–H groups in total. The number of hydrogen-bond acceptors (Lipinski definition) is 6. The lowest BCUT2D eigenvalue weighted by Crippen LogP contribution is -2.15. The zero-order valence-corrected chi connectivity index (χ0v) is 9.99. The molecule has 2 aromatic rings. The van der Waals surface area contributed by atoms with Crippen molar-refractivity contribution in [2.45, 2.75) is 13.3 Å². The first-order valence-electron chi connectivity index (χ1n) is 5.49. The van der Waals surface area contributed by atoms with E-state index in [1.54, 1.807) is 6.07 Å². The van der Waals surface area contributed by atoms with E-state index in [1.165, 1.54) is 18.2 Å². The van der Waals surface area contributed by atoms with Crippen molar-refractivity contribution >= 4 is 17.4 Å². The number of carbonyl (C=O) groups excluding carboxylic acids is 1. The number of nitrogens with one attached hydrogen (secondary N) is 1. The summed E-state index contributed by atoms with van der Waals surface area (Å²) in [7, 11) is 0. The Kier molecular flexibility index (Phi) is 3.51. The average molecular weight is 262 g/mol. The zero-order valence-electron chi connectivity index (χ0n) is 9.99. The molecular weight excluding hydrogens is 252 g/mol. The summed E-state index contributed by atoms with van der Waals surface area (Å²) in [4.78, 5) is 22.2. The van der Waals surface area contributed by atoms with Crippen molar-refractivity contribution in [3.8, 4) is 0 Å². The van der Waals surface area contributed by atoms with Crippen LogP contribution in [0.1, 0.15) is 23.0 Å². The van der Waals surface area contributed by atoms with Crippen LogP contribution in [0.2, 0.25) is 0 Å². The Hall–Kier alpha value is -2.77. The van der Waals surface area contributed by atoms with E-state index in [4.69, 9.17) is 0 Å². The lowest BCUT2D eigenvalue weighted by molar-refractivity contribution is -0.385. The monoisotopic (exact) mass is 262 g/mol. The van der Waals surface area contributed by atoms with Crippen LogP contribution in [-0.4, -0.2) is 21.1 Å². The Balaban J connectivity index is 2.28. The fraction of sp³-hybridized carbons (Fsp3) is 0.182. The first-order chi connectivity index (χ1) is 9.13. The van der Waals surface area contributed by atoms with Crippen LogP contribution in [0.3, 0.4) is 0 Å². The average Bonchev–Trinajstić information content (AvgIpc) is 2.85. The van der Waals surface area contributed by atoms with E-state index in [1.807, 2.05) is 6.92 Å². The summed E-state index contributed by atoms with van der Waals surface area (Å²) in [5.74, 6) is -0.455. The molecule has 0 aliphatic carbocycles. The second kappa shape index (κ2) is 5.25. The molecule has 0 fully saturated rings. The minimum absolute atomic E-state index is 0.0439. The van der Waals surface area contributed by atoms with Crippen LogP contribution < -0.4 is 5.32 Å². The van der Waals surface area contributed by atoms with E-state index in [2.05, 4.69) is 20.3 Å². The fourth-order valence-corrected chi connectivity index (χ4v) is 1.53. The number of hydrogen-bond donors (Lipinski definition) is 1. The molecule has 0 saturated heterocycles. The fourth-order valence-electron chi connectivity index (χ4n) is 1.53. The van der Waals surface area contributed by atoms with Gasteiger partial charge in [0.25, 0.3) is 11.6 Å². The van der Waals surface area contributed by atoms with Crippen molar-refractivity contribution < 1.29 is 14.3 Å². The second-order valence-electron chi connectivity index (χ2n) is 3.64. The molecule has 1 heterocycles. The predicted molar refractivity (Wildman–Crippen MR) is 64.7 cm³/mol. The normalized spacial score (nSPS) is 10.2. The lowest BCUT2D eigenvalue weighted by Gasteiger charge is -2.03. The van der Waals surface area contributed by atoms with Crippen molar-refractivity contribution in [3.05, 3.63) is 45.6 Å². The van der Waals surface area contributed by atoms with Gasteiger partial charge in [-0.1, -0.05) is 24.2 Å². The number of benzene rings is 1. The maximum atomic E-state index is 12.0. The van der Waals surface area contributed by atoms with Gasteiger partial charge >= 0.3 is 0 Å². The number of amides is 1. The summed E-state index contributed by atoms with van der Waals surface area (Å²) in [6.45, 7) is 1.82. The summed E-state index contributed by atoms with van der Waals surface area (Å²) in [6.07, 6.45) is 0.524. The molecule has 8 heteroatoms. The van der Waals surface area contributed by atoms with Gasteiger partial charge in [0, 0.05) is 6.07 Å². The van der Waals surface area contributed by atoms with Crippen LogP contribution in [0.4, 0.5) is 11.5 Å². The molecular formula is C11H10N4O4. The molecule has 19 heavy (non-hydrogen) atoms. The molecule has 0 atom stereocenters. The molecule has 1 amide bonds. The smallest absolute Gasteiger partial charge is 0.282 e. The number of para-hydroxylation sites is 1. The van der Waals surface area contributed by atoms with Gasteiger partial charge in [-0.05, 0) is 17.6 Å². The Morgan fingerprint density at radius 2 is 2.16 bits per heavy atom. The topological polar surface area (TPSA) is 111 Å². The molecule has 1 aromatic carbocycles. The summed E-state index contributed by atoms with van der Waals surface area (Å²) >= 11 is 0. The number of aromatic nitrogens is 2. The highest BCUT2D eigenvalue weighted by atomic mass is 16.6. The number of nitro groups is 1. The highest BCUT2D eigenvalue weighted by Crippen LogP contribution is 2.19. The second-order valence-corrected chi connectivity index (χ2v) is 3.64. The third-order valence-corrected chi connectivity index (χ3v) is 2.47. The number of anilines is 1. The Morgan fingerprint density at radius 3 is 2.84 bits per heavy atom. The van der Waals surface area contributed by atoms with Gasteiger partial charge in [0.15, 0.2) is 0 Å². The minimum Gasteiger partial charge on any atom is -0.302 e. The molecule has 0 unspecified atom stereocenters. The maximum Gasteiger partial charge on any atom is 0.282 e. The van der Waals surface area contributed by atoms with Crippen LogP contribution in [-0.2, 0) is 6.42 Å². The van der Waals surface area contributed by atoms with Crippen LogP contribution in [0.15, 0.2) is 28.9 Å². The van der Waals surface area contributed by atoms with Crippen LogP contribution in [0, 0.1) is 10.1 Å². The molecule has 2 rings (SSSR count). The van der Waals surface area contributed by atoms with Gasteiger partial charge in [0.2, 0.25) is 5.82 Å². The number of nitro benzene ring substituents is 1. The summed E-state index contributed by atoms with van der Waals surface area (Å²) in [5, 5.41) is 20.4. The van der Waals surface area contributed by atoms with Crippen molar-refractivity contribution in [2.24, 2.45) is 0 Å². The highest BCUT2D eigenvalue weighted by Gasteiger charge is 2.21. The minimum atomic E-state index is -0.627. The number of nitrogens with zero attached hydrogens (tertiary/aromatic N) is 3. The van der Waals surface area contributed by atoms with Gasteiger partial charge in [0.05, 0.1) is 4.92 Å². The molecule has 1 aromatic heterocycles. The highest BCUT2D eigenvalue weighted by molar-refractivity contribution is 6.06. The molecule has 0 radical (unpaired) electrons. The molecule has 0 aliphatic heterocycles. The van der Waals surface area contributed by atoms with E-state index in [0.29, 0.717) is 12.1 Å². The maximum absolute atomic E-state index is 12.0. The third kappa shape index (κ3) is 2.57. The summed E-state index contributed by atoms with van der Waals surface area (Å²) in [6, 6.07) is 5.66. The number of rotatable bonds is 4. The first kappa shape index (κ1) is 12.7. The molecule has 0 saturated carbocycles. The molecule has 0 spiro atoms. The van der Waals surface area contributed by atoms with Gasteiger partial charge in [-0.15, -0.1) is 0 Å². The van der Waals surface area contributed by atoms with E-state index in [9.17, 15) is 14.9 Å². The zero-order chi connectivity index (χ0) is 13.8. The summed E-state index contributed by atoms with van der Waals surface area (Å²) in [5.41, 5.74) is 0.166. The van der Waals surface area contributed by atoms with E-state index in [0.717, 1.165) is 0 Å². The van der Waals surface area contributed by atoms with Crippen LogP contribution in [0.25, 0.3) is 0 Å². The van der Waals surface area contributed by atoms with Crippen molar-refractivity contribution in [3.63, 3.8) is 0 Å². The van der Waals surface area contributed by atoms with Gasteiger partial charge in [0.1, 0.15) is 11.3 Å². The summed E-state index contributed by atoms with van der Waals surface area (Å²) < 4.78 is 4.50. The van der Waals surface area contributed by atoms with Gasteiger partial charge in [-0.25, -0.2) is 4.63 Å². The van der Waals surface area contributed by atoms with Gasteiger partial charge in [-0.2, -0.15) is 0 Å². The third-order valence-electron chi connectivity index (χ3n) is 2.47. The largest absolute Gasteiger partial charge is 0.302 e. The molecule has 0 aliphatic rings. The lowest BCUT2D eigenvalue weighted by atomic mass is 10.1. The molecule has 98 valence electrons. The first-order valence-corrected chi connectivity index (χ1v) is 5.49. The van der Waals surface area contributed by atoms with Crippen molar-refractivity contribution in [2.75, 3.05) is 5.32 Å².